The molecule has 0 bridgehead atoms. The predicted molar refractivity (Wildman–Crippen MR) is 68.7 cm³/mol. The maximum atomic E-state index is 12.3. The number of rotatable bonds is 3. The van der Waals surface area contributed by atoms with Crippen LogP contribution in [0.25, 0.3) is 0 Å². The number of carbonyl (C=O) groups excluding carboxylic acids is 1. The highest BCUT2D eigenvalue weighted by Gasteiger charge is 2.31. The zero-order chi connectivity index (χ0) is 13.1. The summed E-state index contributed by atoms with van der Waals surface area (Å²) < 4.78 is 0. The average molecular weight is 249 g/mol. The van der Waals surface area contributed by atoms with Crippen molar-refractivity contribution in [2.45, 2.75) is 32.7 Å². The van der Waals surface area contributed by atoms with Crippen LogP contribution in [0.3, 0.4) is 0 Å². The minimum absolute atomic E-state index is 0.0396. The summed E-state index contributed by atoms with van der Waals surface area (Å²) in [6.07, 6.45) is 2.13. The molecule has 1 aliphatic rings. The number of carbonyl (C=O) groups is 1. The Morgan fingerprint density at radius 3 is 2.83 bits per heavy atom. The van der Waals surface area contributed by atoms with E-state index in [4.69, 9.17) is 5.84 Å². The van der Waals surface area contributed by atoms with Gasteiger partial charge in [-0.1, -0.05) is 13.8 Å². The zero-order valence-electron chi connectivity index (χ0n) is 10.8. The number of anilines is 1. The lowest BCUT2D eigenvalue weighted by Crippen LogP contribution is -2.39. The summed E-state index contributed by atoms with van der Waals surface area (Å²) in [5.41, 5.74) is 2.77. The van der Waals surface area contributed by atoms with Crippen LogP contribution in [0.5, 0.6) is 0 Å². The van der Waals surface area contributed by atoms with Gasteiger partial charge in [-0.2, -0.15) is 0 Å². The molecule has 3 N–H and O–H groups in total. The van der Waals surface area contributed by atoms with Crippen molar-refractivity contribution in [2.75, 3.05) is 12.0 Å². The molecule has 1 aromatic rings. The Labute approximate surface area is 107 Å². The van der Waals surface area contributed by atoms with E-state index < -0.39 is 0 Å². The first-order chi connectivity index (χ1) is 8.63. The second kappa shape index (κ2) is 5.30. The number of nitrogens with one attached hydrogen (secondary N) is 1. The van der Waals surface area contributed by atoms with Crippen LogP contribution in [0.15, 0.2) is 12.1 Å². The molecule has 1 saturated heterocycles. The number of aromatic nitrogens is 2. The van der Waals surface area contributed by atoms with Gasteiger partial charge in [0, 0.05) is 12.6 Å². The van der Waals surface area contributed by atoms with Crippen molar-refractivity contribution in [1.82, 2.24) is 15.1 Å². The van der Waals surface area contributed by atoms with E-state index in [0.29, 0.717) is 23.5 Å². The first-order valence-electron chi connectivity index (χ1n) is 6.25. The van der Waals surface area contributed by atoms with Crippen LogP contribution in [0.1, 0.15) is 37.2 Å². The molecule has 98 valence electrons. The summed E-state index contributed by atoms with van der Waals surface area (Å²) in [5.74, 6) is 6.09. The SMILES string of the molecule is CC(C)C1CCCN1C(=O)c1ccc(NN)nn1. The molecule has 1 atom stereocenters. The minimum atomic E-state index is -0.0396. The second-order valence-electron chi connectivity index (χ2n) is 4.90. The van der Waals surface area contributed by atoms with E-state index in [1.165, 1.54) is 0 Å². The van der Waals surface area contributed by atoms with Crippen LogP contribution in [0.2, 0.25) is 0 Å². The van der Waals surface area contributed by atoms with Crippen LogP contribution in [-0.4, -0.2) is 33.6 Å². The van der Waals surface area contributed by atoms with E-state index in [2.05, 4.69) is 29.5 Å². The maximum Gasteiger partial charge on any atom is 0.274 e. The molecule has 1 fully saturated rings. The van der Waals surface area contributed by atoms with E-state index in [0.717, 1.165) is 19.4 Å². The third kappa shape index (κ3) is 2.43. The summed E-state index contributed by atoms with van der Waals surface area (Å²) in [6, 6.07) is 3.62. The van der Waals surface area contributed by atoms with Gasteiger partial charge in [0.1, 0.15) is 0 Å². The van der Waals surface area contributed by atoms with Crippen LogP contribution < -0.4 is 11.3 Å². The van der Waals surface area contributed by atoms with Crippen LogP contribution >= 0.6 is 0 Å². The monoisotopic (exact) mass is 249 g/mol. The summed E-state index contributed by atoms with van der Waals surface area (Å²) in [4.78, 5) is 14.2. The van der Waals surface area contributed by atoms with E-state index in [1.807, 2.05) is 4.90 Å². The molecule has 0 spiro atoms. The summed E-state index contributed by atoms with van der Waals surface area (Å²) in [6.45, 7) is 5.09. The lowest BCUT2D eigenvalue weighted by molar-refractivity contribution is 0.0694. The average Bonchev–Trinajstić information content (AvgIpc) is 2.87. The zero-order valence-corrected chi connectivity index (χ0v) is 10.8. The fourth-order valence-corrected chi connectivity index (χ4v) is 2.41. The van der Waals surface area contributed by atoms with Crippen molar-refractivity contribution in [1.29, 1.82) is 0 Å². The molecule has 1 unspecified atom stereocenters. The van der Waals surface area contributed by atoms with Crippen LogP contribution in [0, 0.1) is 5.92 Å². The van der Waals surface area contributed by atoms with Gasteiger partial charge in [0.05, 0.1) is 0 Å². The fraction of sp³-hybridized carbons (Fsp3) is 0.583. The highest BCUT2D eigenvalue weighted by atomic mass is 16.2. The molecule has 0 saturated carbocycles. The molecule has 2 rings (SSSR count). The van der Waals surface area contributed by atoms with Gasteiger partial charge < -0.3 is 10.3 Å². The minimum Gasteiger partial charge on any atom is -0.334 e. The summed E-state index contributed by atoms with van der Waals surface area (Å²) in [7, 11) is 0. The Kier molecular flexibility index (Phi) is 3.76. The van der Waals surface area contributed by atoms with Crippen molar-refractivity contribution >= 4 is 11.7 Å². The quantitative estimate of drug-likeness (QED) is 0.617. The lowest BCUT2D eigenvalue weighted by Gasteiger charge is -2.27. The number of nitrogens with zero attached hydrogens (tertiary/aromatic N) is 3. The third-order valence-electron chi connectivity index (χ3n) is 3.36. The van der Waals surface area contributed by atoms with Gasteiger partial charge in [-0.3, -0.25) is 4.79 Å². The van der Waals surface area contributed by atoms with Gasteiger partial charge in [0.2, 0.25) is 0 Å². The number of amides is 1. The number of nitrogen functional groups attached to an aromatic ring is 1. The van der Waals surface area contributed by atoms with Gasteiger partial charge in [-0.15, -0.1) is 10.2 Å². The number of hydrogen-bond donors (Lipinski definition) is 2. The molecule has 6 nitrogen and oxygen atoms in total. The molecular weight excluding hydrogens is 230 g/mol. The van der Waals surface area contributed by atoms with Crippen molar-refractivity contribution < 1.29 is 4.79 Å². The molecule has 6 heteroatoms. The Balaban J connectivity index is 2.14. The standard InChI is InChI=1S/C12H19N5O/c1-8(2)10-4-3-7-17(10)12(18)9-5-6-11(14-13)16-15-9/h5-6,8,10H,3-4,7,13H2,1-2H3,(H,14,16). The highest BCUT2D eigenvalue weighted by molar-refractivity contribution is 5.92. The molecule has 0 radical (unpaired) electrons. The Hall–Kier alpha value is -1.69. The van der Waals surface area contributed by atoms with Gasteiger partial charge in [-0.25, -0.2) is 5.84 Å². The van der Waals surface area contributed by atoms with E-state index >= 15 is 0 Å². The fourth-order valence-electron chi connectivity index (χ4n) is 2.41. The number of hydrogen-bond acceptors (Lipinski definition) is 5. The lowest BCUT2D eigenvalue weighted by atomic mass is 10.0. The van der Waals surface area contributed by atoms with Crippen molar-refractivity contribution in [3.63, 3.8) is 0 Å². The Morgan fingerprint density at radius 1 is 1.50 bits per heavy atom. The van der Waals surface area contributed by atoms with Gasteiger partial charge in [-0.05, 0) is 30.9 Å². The van der Waals surface area contributed by atoms with Crippen LogP contribution in [0.4, 0.5) is 5.82 Å². The second-order valence-corrected chi connectivity index (χ2v) is 4.90. The van der Waals surface area contributed by atoms with Gasteiger partial charge >= 0.3 is 0 Å². The number of likely N-dealkylation sites (tertiary alicyclic amines) is 1. The maximum absolute atomic E-state index is 12.3. The normalized spacial score (nSPS) is 19.3. The molecule has 18 heavy (non-hydrogen) atoms. The molecule has 0 aromatic carbocycles. The van der Waals surface area contributed by atoms with Crippen LogP contribution in [-0.2, 0) is 0 Å². The Bertz CT molecular complexity index is 417. The summed E-state index contributed by atoms with van der Waals surface area (Å²) >= 11 is 0. The van der Waals surface area contributed by atoms with E-state index in [1.54, 1.807) is 12.1 Å². The molecular formula is C12H19N5O. The summed E-state index contributed by atoms with van der Waals surface area (Å²) in [5, 5.41) is 7.73. The van der Waals surface area contributed by atoms with Crippen molar-refractivity contribution in [2.24, 2.45) is 11.8 Å². The Morgan fingerprint density at radius 2 is 2.28 bits per heavy atom. The van der Waals surface area contributed by atoms with Gasteiger partial charge in [0.15, 0.2) is 11.5 Å². The van der Waals surface area contributed by atoms with Crippen molar-refractivity contribution in [3.05, 3.63) is 17.8 Å². The number of hydrazine groups is 1. The third-order valence-corrected chi connectivity index (χ3v) is 3.36. The number of nitrogens with two attached hydrogens (primary N) is 1. The van der Waals surface area contributed by atoms with Crippen molar-refractivity contribution in [3.8, 4) is 0 Å². The largest absolute Gasteiger partial charge is 0.334 e. The van der Waals surface area contributed by atoms with E-state index in [9.17, 15) is 4.79 Å². The molecule has 0 aliphatic carbocycles. The first kappa shape index (κ1) is 12.8. The molecule has 1 amide bonds. The smallest absolute Gasteiger partial charge is 0.274 e. The molecule has 2 heterocycles. The topological polar surface area (TPSA) is 84.1 Å². The van der Waals surface area contributed by atoms with Gasteiger partial charge in [0.25, 0.3) is 5.91 Å². The first-order valence-corrected chi connectivity index (χ1v) is 6.25. The molecule has 1 aliphatic heterocycles. The molecule has 1 aromatic heterocycles. The van der Waals surface area contributed by atoms with E-state index in [-0.39, 0.29) is 5.91 Å². The highest BCUT2D eigenvalue weighted by Crippen LogP contribution is 2.25. The predicted octanol–water partition coefficient (Wildman–Crippen LogP) is 1.02.